The molecule has 2 aromatic rings. The zero-order valence-electron chi connectivity index (χ0n) is 15.8. The van der Waals surface area contributed by atoms with E-state index in [1.54, 1.807) is 4.90 Å². The third kappa shape index (κ3) is 5.17. The topological polar surface area (TPSA) is 40.6 Å². The summed E-state index contributed by atoms with van der Waals surface area (Å²) in [5.41, 5.74) is 1.25. The summed E-state index contributed by atoms with van der Waals surface area (Å²) in [6, 6.07) is 11.7. The van der Waals surface area contributed by atoms with Crippen LogP contribution in [0.15, 0.2) is 48.5 Å². The van der Waals surface area contributed by atoms with E-state index in [-0.39, 0.29) is 17.4 Å². The Morgan fingerprint density at radius 2 is 1.41 bits per heavy atom. The van der Waals surface area contributed by atoms with Gasteiger partial charge in [0, 0.05) is 43.2 Å². The molecule has 1 aliphatic rings. The van der Waals surface area contributed by atoms with Crippen LogP contribution in [0.5, 0.6) is 0 Å². The number of piperazine rings is 1. The van der Waals surface area contributed by atoms with Gasteiger partial charge in [-0.25, -0.2) is 0 Å². The maximum atomic E-state index is 12.6. The van der Waals surface area contributed by atoms with Crippen LogP contribution in [0.1, 0.15) is 27.0 Å². The number of hydrogen-bond acceptors (Lipinski definition) is 2. The van der Waals surface area contributed by atoms with E-state index in [2.05, 4.69) is 11.8 Å². The highest BCUT2D eigenvalue weighted by Crippen LogP contribution is 2.29. The zero-order valence-corrected chi connectivity index (χ0v) is 15.8. The molecule has 1 saturated heterocycles. The molecule has 0 saturated carbocycles. The van der Waals surface area contributed by atoms with Crippen molar-refractivity contribution < 1.29 is 22.8 Å². The van der Waals surface area contributed by atoms with Crippen LogP contribution in [0.4, 0.5) is 13.2 Å². The molecule has 0 unspecified atom stereocenters. The van der Waals surface area contributed by atoms with Crippen LogP contribution in [0.3, 0.4) is 0 Å². The SMILES string of the molecule is Cc1ccc(C#CC(=O)N2CCN(C(=O)c3ccc(C(F)(F)F)cc3)CC2)cc1. The number of hydrogen-bond donors (Lipinski definition) is 0. The number of aryl methyl sites for hydroxylation is 1. The minimum Gasteiger partial charge on any atom is -0.335 e. The number of rotatable bonds is 1. The highest BCUT2D eigenvalue weighted by atomic mass is 19.4. The normalized spacial score (nSPS) is 14.2. The molecule has 7 heteroatoms. The van der Waals surface area contributed by atoms with Crippen molar-refractivity contribution >= 4 is 11.8 Å². The lowest BCUT2D eigenvalue weighted by atomic mass is 10.1. The van der Waals surface area contributed by atoms with Gasteiger partial charge in [-0.05, 0) is 43.3 Å². The molecule has 2 aromatic carbocycles. The molecule has 3 rings (SSSR count). The number of carbonyl (C=O) groups is 2. The van der Waals surface area contributed by atoms with Gasteiger partial charge in [0.15, 0.2) is 0 Å². The van der Waals surface area contributed by atoms with Gasteiger partial charge < -0.3 is 9.80 Å². The largest absolute Gasteiger partial charge is 0.416 e. The Bertz CT molecular complexity index is 947. The van der Waals surface area contributed by atoms with Crippen LogP contribution in [-0.2, 0) is 11.0 Å². The maximum absolute atomic E-state index is 12.6. The second-order valence-electron chi connectivity index (χ2n) is 6.78. The Labute approximate surface area is 166 Å². The minimum absolute atomic E-state index is 0.192. The summed E-state index contributed by atoms with van der Waals surface area (Å²) in [4.78, 5) is 27.8. The smallest absolute Gasteiger partial charge is 0.335 e. The third-order valence-corrected chi connectivity index (χ3v) is 4.68. The Morgan fingerprint density at radius 1 is 0.862 bits per heavy atom. The molecule has 0 aromatic heterocycles. The molecule has 150 valence electrons. The number of amides is 2. The number of carbonyl (C=O) groups excluding carboxylic acids is 2. The van der Waals surface area contributed by atoms with Gasteiger partial charge in [-0.3, -0.25) is 9.59 Å². The first kappa shape index (κ1) is 20.5. The van der Waals surface area contributed by atoms with E-state index in [9.17, 15) is 22.8 Å². The van der Waals surface area contributed by atoms with Crippen LogP contribution < -0.4 is 0 Å². The standard InChI is InChI=1S/C22H19F3N2O2/c1-16-2-4-17(5-3-16)6-11-20(28)26-12-14-27(15-13-26)21(29)18-7-9-19(10-8-18)22(23,24)25/h2-5,7-10H,12-15H2,1H3. The van der Waals surface area contributed by atoms with Gasteiger partial charge in [0.25, 0.3) is 11.8 Å². The Hall–Kier alpha value is -3.27. The molecular weight excluding hydrogens is 381 g/mol. The quantitative estimate of drug-likeness (QED) is 0.689. The summed E-state index contributed by atoms with van der Waals surface area (Å²) in [7, 11) is 0. The van der Waals surface area contributed by atoms with Gasteiger partial charge in [0.2, 0.25) is 0 Å². The number of alkyl halides is 3. The minimum atomic E-state index is -4.44. The van der Waals surface area contributed by atoms with E-state index in [4.69, 9.17) is 0 Å². The average Bonchev–Trinajstić information content (AvgIpc) is 2.72. The van der Waals surface area contributed by atoms with Gasteiger partial charge in [-0.15, -0.1) is 0 Å². The van der Waals surface area contributed by atoms with Crippen LogP contribution in [-0.4, -0.2) is 47.8 Å². The second-order valence-corrected chi connectivity index (χ2v) is 6.78. The van der Waals surface area contributed by atoms with Crippen molar-refractivity contribution in [3.05, 3.63) is 70.8 Å². The lowest BCUT2D eigenvalue weighted by Crippen LogP contribution is -2.50. The highest BCUT2D eigenvalue weighted by Gasteiger charge is 2.31. The molecule has 0 bridgehead atoms. The molecule has 0 atom stereocenters. The molecule has 0 spiro atoms. The van der Waals surface area contributed by atoms with Crippen molar-refractivity contribution in [2.45, 2.75) is 13.1 Å². The van der Waals surface area contributed by atoms with Crippen molar-refractivity contribution in [1.29, 1.82) is 0 Å². The fourth-order valence-electron chi connectivity index (χ4n) is 2.94. The van der Waals surface area contributed by atoms with E-state index < -0.39 is 11.7 Å². The monoisotopic (exact) mass is 400 g/mol. The third-order valence-electron chi connectivity index (χ3n) is 4.68. The number of nitrogens with zero attached hydrogens (tertiary/aromatic N) is 2. The van der Waals surface area contributed by atoms with Gasteiger partial charge >= 0.3 is 6.18 Å². The van der Waals surface area contributed by atoms with Crippen molar-refractivity contribution in [2.24, 2.45) is 0 Å². The predicted octanol–water partition coefficient (Wildman–Crippen LogP) is 3.35. The van der Waals surface area contributed by atoms with E-state index in [0.29, 0.717) is 26.2 Å². The molecule has 1 heterocycles. The van der Waals surface area contributed by atoms with E-state index in [1.807, 2.05) is 31.2 Å². The lowest BCUT2D eigenvalue weighted by Gasteiger charge is -2.33. The Morgan fingerprint density at radius 3 is 1.97 bits per heavy atom. The van der Waals surface area contributed by atoms with E-state index >= 15 is 0 Å². The first-order valence-corrected chi connectivity index (χ1v) is 9.08. The van der Waals surface area contributed by atoms with Gasteiger partial charge in [0.1, 0.15) is 0 Å². The van der Waals surface area contributed by atoms with Crippen LogP contribution in [0.25, 0.3) is 0 Å². The van der Waals surface area contributed by atoms with Gasteiger partial charge in [-0.2, -0.15) is 13.2 Å². The molecule has 0 radical (unpaired) electrons. The summed E-state index contributed by atoms with van der Waals surface area (Å²) in [5.74, 6) is 4.78. The zero-order chi connectivity index (χ0) is 21.0. The first-order chi connectivity index (χ1) is 13.7. The molecule has 0 N–H and O–H groups in total. The molecule has 4 nitrogen and oxygen atoms in total. The van der Waals surface area contributed by atoms with Crippen molar-refractivity contribution in [3.8, 4) is 11.8 Å². The van der Waals surface area contributed by atoms with Crippen molar-refractivity contribution in [1.82, 2.24) is 9.80 Å². The second kappa shape index (κ2) is 8.39. The number of benzene rings is 2. The maximum Gasteiger partial charge on any atom is 0.416 e. The molecule has 1 aliphatic heterocycles. The fourth-order valence-corrected chi connectivity index (χ4v) is 2.94. The first-order valence-electron chi connectivity index (χ1n) is 9.08. The predicted molar refractivity (Wildman–Crippen MR) is 102 cm³/mol. The van der Waals surface area contributed by atoms with Crippen LogP contribution >= 0.6 is 0 Å². The molecular formula is C22H19F3N2O2. The van der Waals surface area contributed by atoms with Crippen LogP contribution in [0.2, 0.25) is 0 Å². The van der Waals surface area contributed by atoms with Crippen molar-refractivity contribution in [2.75, 3.05) is 26.2 Å². The van der Waals surface area contributed by atoms with Crippen molar-refractivity contribution in [3.63, 3.8) is 0 Å². The molecule has 1 fully saturated rings. The molecule has 2 amide bonds. The molecule has 29 heavy (non-hydrogen) atoms. The number of halogens is 3. The average molecular weight is 400 g/mol. The summed E-state index contributed by atoms with van der Waals surface area (Å²) >= 11 is 0. The van der Waals surface area contributed by atoms with Crippen LogP contribution in [0, 0.1) is 18.8 Å². The Kier molecular flexibility index (Phi) is 5.92. The summed E-state index contributed by atoms with van der Waals surface area (Å²) < 4.78 is 37.9. The fraction of sp³-hybridized carbons (Fsp3) is 0.273. The van der Waals surface area contributed by atoms with Gasteiger partial charge in [-0.1, -0.05) is 23.6 Å². The van der Waals surface area contributed by atoms with Gasteiger partial charge in [0.05, 0.1) is 5.56 Å². The lowest BCUT2D eigenvalue weighted by molar-refractivity contribution is -0.137. The van der Waals surface area contributed by atoms with E-state index in [0.717, 1.165) is 23.3 Å². The Balaban J connectivity index is 1.56. The molecule has 0 aliphatic carbocycles. The highest BCUT2D eigenvalue weighted by molar-refractivity contribution is 5.96. The summed E-state index contributed by atoms with van der Waals surface area (Å²) in [6.07, 6.45) is -4.44. The van der Waals surface area contributed by atoms with E-state index in [1.165, 1.54) is 17.0 Å². The summed E-state index contributed by atoms with van der Waals surface area (Å²) in [5, 5.41) is 0. The summed E-state index contributed by atoms with van der Waals surface area (Å²) in [6.45, 7) is 3.23.